The van der Waals surface area contributed by atoms with Crippen LogP contribution < -0.4 is 35.7 Å². The first-order valence-electron chi connectivity index (χ1n) is 13.6. The molecule has 1 amide bonds. The number of nitrogens with one attached hydrogen (secondary N) is 1. The number of carbonyl (C=O) groups excluding carboxylic acids is 2. The Morgan fingerprint density at radius 3 is 1.82 bits per heavy atom. The Balaban J connectivity index is 1.36. The Bertz CT molecular complexity index is 1790. The van der Waals surface area contributed by atoms with Crippen molar-refractivity contribution in [1.82, 2.24) is 0 Å². The quantitative estimate of drug-likeness (QED) is 0.0984. The summed E-state index contributed by atoms with van der Waals surface area (Å²) in [5.74, 6) is 0.387. The maximum absolute atomic E-state index is 13.4. The number of ether oxygens (including phenoxy) is 4. The van der Waals surface area contributed by atoms with Crippen LogP contribution in [0, 0.1) is 0 Å². The number of rotatable bonds is 9. The maximum Gasteiger partial charge on any atom is 0.343 e. The van der Waals surface area contributed by atoms with Gasteiger partial charge in [0.1, 0.15) is 5.75 Å². The second-order valence-electron chi connectivity index (χ2n) is 9.83. The zero-order valence-corrected chi connectivity index (χ0v) is 24.4. The zero-order chi connectivity index (χ0) is 31.2. The monoisotopic (exact) mass is 589 g/mol. The molecule has 5 aromatic rings. The molecule has 0 fully saturated rings. The number of esters is 1. The van der Waals surface area contributed by atoms with E-state index in [2.05, 4.69) is 5.32 Å². The van der Waals surface area contributed by atoms with Gasteiger partial charge in [-0.1, -0.05) is 24.3 Å². The molecule has 0 aliphatic carbocycles. The third kappa shape index (κ3) is 6.57. The molecule has 0 spiro atoms. The Hall–Kier alpha value is -5.96. The van der Waals surface area contributed by atoms with E-state index in [1.54, 1.807) is 24.3 Å². The molecule has 5 N–H and O–H groups in total. The summed E-state index contributed by atoms with van der Waals surface area (Å²) in [6, 6.07) is 30.1. The van der Waals surface area contributed by atoms with E-state index in [9.17, 15) is 9.59 Å². The molecule has 0 saturated heterocycles. The Kier molecular flexibility index (Phi) is 8.67. The molecule has 0 aromatic heterocycles. The van der Waals surface area contributed by atoms with E-state index in [1.165, 1.54) is 33.5 Å². The van der Waals surface area contributed by atoms with Crippen molar-refractivity contribution in [1.29, 1.82) is 0 Å². The Morgan fingerprint density at radius 1 is 0.591 bits per heavy atom. The van der Waals surface area contributed by atoms with Gasteiger partial charge < -0.3 is 35.7 Å². The number of carbonyl (C=O) groups is 2. The van der Waals surface area contributed by atoms with Crippen molar-refractivity contribution in [3.63, 3.8) is 0 Å². The highest BCUT2D eigenvalue weighted by molar-refractivity contribution is 6.06. The minimum atomic E-state index is -0.616. The number of benzene rings is 5. The lowest BCUT2D eigenvalue weighted by molar-refractivity contribution is 0.0733. The van der Waals surface area contributed by atoms with E-state index in [0.29, 0.717) is 39.9 Å². The van der Waals surface area contributed by atoms with Crippen LogP contribution >= 0.6 is 0 Å². The average molecular weight is 590 g/mol. The predicted molar refractivity (Wildman–Crippen MR) is 172 cm³/mol. The fraction of sp³-hybridized carbons (Fsp3) is 0.0857. The third-order valence-corrected chi connectivity index (χ3v) is 6.88. The van der Waals surface area contributed by atoms with E-state index in [1.807, 2.05) is 66.7 Å². The van der Waals surface area contributed by atoms with Crippen LogP contribution in [0.1, 0.15) is 20.7 Å². The van der Waals surface area contributed by atoms with E-state index in [4.69, 9.17) is 30.4 Å². The number of nitrogens with two attached hydrogens (primary N) is 2. The lowest BCUT2D eigenvalue weighted by atomic mass is 9.95. The van der Waals surface area contributed by atoms with E-state index in [0.717, 1.165) is 22.3 Å². The highest BCUT2D eigenvalue weighted by Crippen LogP contribution is 2.38. The fourth-order valence-corrected chi connectivity index (χ4v) is 4.66. The largest absolute Gasteiger partial charge is 0.493 e. The molecule has 5 rings (SSSR count). The van der Waals surface area contributed by atoms with Gasteiger partial charge in [-0.3, -0.25) is 4.79 Å². The van der Waals surface area contributed by atoms with Crippen LogP contribution in [0.2, 0.25) is 0 Å². The van der Waals surface area contributed by atoms with Crippen LogP contribution in [-0.4, -0.2) is 33.2 Å². The van der Waals surface area contributed by atoms with Crippen LogP contribution in [0.5, 0.6) is 23.0 Å². The van der Waals surface area contributed by atoms with Crippen LogP contribution in [0.25, 0.3) is 22.3 Å². The molecule has 9 heteroatoms. The molecule has 0 saturated carbocycles. The average Bonchev–Trinajstić information content (AvgIpc) is 3.05. The SMILES string of the molecule is COc1cc(C(=O)Oc2ccc(NC(=O)c3cc(-c4ccc(N)cc4)cc(-c4cccc(N)c4)c3)cc2)cc(OC)c1OC. The molecule has 0 unspecified atom stereocenters. The normalized spacial score (nSPS) is 10.5. The van der Waals surface area contributed by atoms with Crippen molar-refractivity contribution < 1.29 is 28.5 Å². The summed E-state index contributed by atoms with van der Waals surface area (Å²) < 4.78 is 21.5. The van der Waals surface area contributed by atoms with Gasteiger partial charge in [0.15, 0.2) is 11.5 Å². The van der Waals surface area contributed by atoms with E-state index < -0.39 is 5.97 Å². The first kappa shape index (κ1) is 29.5. The summed E-state index contributed by atoms with van der Waals surface area (Å²) >= 11 is 0. The molecular weight excluding hydrogens is 558 g/mol. The van der Waals surface area contributed by atoms with Gasteiger partial charge in [0.2, 0.25) is 5.75 Å². The van der Waals surface area contributed by atoms with Gasteiger partial charge in [-0.05, 0) is 101 Å². The highest BCUT2D eigenvalue weighted by Gasteiger charge is 2.19. The summed E-state index contributed by atoms with van der Waals surface area (Å²) in [6.45, 7) is 0. The standard InChI is InChI=1S/C35H31N3O6/c1-41-31-19-26(20-32(42-2)33(31)43-3)35(40)44-30-13-11-29(12-14-30)38-34(39)25-16-23(21-7-9-27(36)10-8-21)15-24(17-25)22-5-4-6-28(37)18-22/h4-20H,36-37H2,1-3H3,(H,38,39). The van der Waals surface area contributed by atoms with Crippen molar-refractivity contribution in [2.45, 2.75) is 0 Å². The zero-order valence-electron chi connectivity index (χ0n) is 24.4. The second-order valence-corrected chi connectivity index (χ2v) is 9.83. The topological polar surface area (TPSA) is 135 Å². The number of amides is 1. The summed E-state index contributed by atoms with van der Waals surface area (Å²) in [4.78, 5) is 26.3. The summed E-state index contributed by atoms with van der Waals surface area (Å²) in [6.07, 6.45) is 0. The lowest BCUT2D eigenvalue weighted by Gasteiger charge is -2.14. The van der Waals surface area contributed by atoms with Gasteiger partial charge in [0, 0.05) is 22.6 Å². The van der Waals surface area contributed by atoms with Crippen LogP contribution in [-0.2, 0) is 0 Å². The molecule has 0 atom stereocenters. The number of hydrogen-bond donors (Lipinski definition) is 3. The van der Waals surface area contributed by atoms with Crippen LogP contribution in [0.4, 0.5) is 17.1 Å². The molecule has 5 aromatic carbocycles. The summed E-state index contributed by atoms with van der Waals surface area (Å²) in [5, 5.41) is 2.92. The number of methoxy groups -OCH3 is 3. The van der Waals surface area contributed by atoms with E-state index in [-0.39, 0.29) is 17.2 Å². The molecule has 0 heterocycles. The summed E-state index contributed by atoms with van der Waals surface area (Å²) in [5.41, 5.74) is 17.9. The fourth-order valence-electron chi connectivity index (χ4n) is 4.66. The van der Waals surface area contributed by atoms with Gasteiger partial charge >= 0.3 is 5.97 Å². The third-order valence-electron chi connectivity index (χ3n) is 6.88. The molecule has 0 radical (unpaired) electrons. The van der Waals surface area contributed by atoms with Gasteiger partial charge in [0.05, 0.1) is 26.9 Å². The Morgan fingerprint density at radius 2 is 1.23 bits per heavy atom. The van der Waals surface area contributed by atoms with Crippen molar-refractivity contribution in [2.75, 3.05) is 38.1 Å². The molecule has 0 aliphatic rings. The molecule has 0 aliphatic heterocycles. The van der Waals surface area contributed by atoms with Crippen LogP contribution in [0.3, 0.4) is 0 Å². The van der Waals surface area contributed by atoms with Gasteiger partial charge in [-0.2, -0.15) is 0 Å². The van der Waals surface area contributed by atoms with Crippen molar-refractivity contribution >= 4 is 28.9 Å². The van der Waals surface area contributed by atoms with Gasteiger partial charge in [-0.15, -0.1) is 0 Å². The van der Waals surface area contributed by atoms with E-state index >= 15 is 0 Å². The highest BCUT2D eigenvalue weighted by atomic mass is 16.5. The minimum absolute atomic E-state index is 0.217. The number of hydrogen-bond acceptors (Lipinski definition) is 8. The van der Waals surface area contributed by atoms with Gasteiger partial charge in [-0.25, -0.2) is 4.79 Å². The molecule has 222 valence electrons. The van der Waals surface area contributed by atoms with Crippen LogP contribution in [0.15, 0.2) is 103 Å². The molecular formula is C35H31N3O6. The first-order chi connectivity index (χ1) is 21.3. The van der Waals surface area contributed by atoms with Crippen molar-refractivity contribution in [3.05, 3.63) is 114 Å². The number of anilines is 3. The minimum Gasteiger partial charge on any atom is -0.493 e. The Labute approximate surface area is 254 Å². The second kappa shape index (κ2) is 12.9. The molecule has 9 nitrogen and oxygen atoms in total. The molecule has 44 heavy (non-hydrogen) atoms. The first-order valence-corrected chi connectivity index (χ1v) is 13.6. The predicted octanol–water partition coefficient (Wildman–Crippen LogP) is 6.68. The summed E-state index contributed by atoms with van der Waals surface area (Å²) in [7, 11) is 4.41. The van der Waals surface area contributed by atoms with Gasteiger partial charge in [0.25, 0.3) is 5.91 Å². The number of nitrogen functional groups attached to an aromatic ring is 2. The maximum atomic E-state index is 13.4. The molecule has 0 bridgehead atoms. The van der Waals surface area contributed by atoms with Crippen molar-refractivity contribution in [3.8, 4) is 45.3 Å². The van der Waals surface area contributed by atoms with Crippen molar-refractivity contribution in [2.24, 2.45) is 0 Å². The lowest BCUT2D eigenvalue weighted by Crippen LogP contribution is -2.12. The smallest absolute Gasteiger partial charge is 0.343 e.